The summed E-state index contributed by atoms with van der Waals surface area (Å²) in [5.41, 5.74) is 0. The van der Waals surface area contributed by atoms with Gasteiger partial charge in [-0.25, -0.2) is 9.18 Å². The molecular weight excluding hydrogens is 357 g/mol. The van der Waals surface area contributed by atoms with Gasteiger partial charge in [-0.3, -0.25) is 0 Å². The Balaban J connectivity index is 1.37. The van der Waals surface area contributed by atoms with Crippen molar-refractivity contribution in [3.05, 3.63) is 36.3 Å². The molecule has 0 unspecified atom stereocenters. The van der Waals surface area contributed by atoms with Crippen LogP contribution in [0.5, 0.6) is 5.75 Å². The van der Waals surface area contributed by atoms with Crippen LogP contribution in [0.25, 0.3) is 0 Å². The van der Waals surface area contributed by atoms with E-state index < -0.39 is 0 Å². The SMILES string of the molecule is O=C(NCCSc1cn[nH]n1)N1CCC[C@@H](COc2cccc(F)c2)C1. The molecular formula is C17H22FN5O2S. The molecule has 9 heteroatoms. The number of likely N-dealkylation sites (tertiary alicyclic amines) is 1. The molecule has 1 saturated heterocycles. The van der Waals surface area contributed by atoms with Gasteiger partial charge in [0, 0.05) is 37.4 Å². The molecule has 0 saturated carbocycles. The lowest BCUT2D eigenvalue weighted by Crippen LogP contribution is -2.47. The summed E-state index contributed by atoms with van der Waals surface area (Å²) >= 11 is 1.53. The number of nitrogens with one attached hydrogen (secondary N) is 2. The smallest absolute Gasteiger partial charge is 0.317 e. The highest BCUT2D eigenvalue weighted by molar-refractivity contribution is 7.99. The number of rotatable bonds is 7. The molecule has 1 atom stereocenters. The van der Waals surface area contributed by atoms with Crippen molar-refractivity contribution in [2.75, 3.05) is 32.0 Å². The van der Waals surface area contributed by atoms with Crippen molar-refractivity contribution < 1.29 is 13.9 Å². The van der Waals surface area contributed by atoms with E-state index in [1.165, 1.54) is 23.9 Å². The summed E-state index contributed by atoms with van der Waals surface area (Å²) in [6, 6.07) is 6.08. The Morgan fingerprint density at radius 1 is 1.50 bits per heavy atom. The third-order valence-electron chi connectivity index (χ3n) is 4.11. The van der Waals surface area contributed by atoms with E-state index in [1.54, 1.807) is 18.3 Å². The molecule has 1 aliphatic rings. The van der Waals surface area contributed by atoms with E-state index in [2.05, 4.69) is 20.7 Å². The molecule has 140 valence electrons. The molecule has 7 nitrogen and oxygen atoms in total. The number of urea groups is 1. The number of nitrogens with zero attached hydrogens (tertiary/aromatic N) is 3. The van der Waals surface area contributed by atoms with Crippen LogP contribution in [-0.4, -0.2) is 58.3 Å². The Labute approximate surface area is 155 Å². The van der Waals surface area contributed by atoms with E-state index in [1.807, 2.05) is 4.90 Å². The highest BCUT2D eigenvalue weighted by atomic mass is 32.2. The maximum atomic E-state index is 13.2. The maximum Gasteiger partial charge on any atom is 0.317 e. The average molecular weight is 379 g/mol. The predicted octanol–water partition coefficient (Wildman–Crippen LogP) is 2.54. The zero-order chi connectivity index (χ0) is 18.2. The topological polar surface area (TPSA) is 83.1 Å². The van der Waals surface area contributed by atoms with E-state index in [0.717, 1.165) is 30.2 Å². The normalized spacial score (nSPS) is 17.1. The van der Waals surface area contributed by atoms with Crippen LogP contribution in [0.1, 0.15) is 12.8 Å². The quantitative estimate of drug-likeness (QED) is 0.571. The summed E-state index contributed by atoms with van der Waals surface area (Å²) in [5, 5.41) is 14.0. The molecule has 2 aromatic rings. The molecule has 0 spiro atoms. The first-order valence-corrected chi connectivity index (χ1v) is 9.59. The van der Waals surface area contributed by atoms with E-state index in [4.69, 9.17) is 4.74 Å². The number of thioether (sulfide) groups is 1. The molecule has 0 bridgehead atoms. The van der Waals surface area contributed by atoms with E-state index in [0.29, 0.717) is 25.4 Å². The van der Waals surface area contributed by atoms with Gasteiger partial charge in [0.25, 0.3) is 0 Å². The lowest BCUT2D eigenvalue weighted by Gasteiger charge is -2.32. The standard InChI is InChI=1S/C17H22FN5O2S/c18-14-4-1-5-15(9-14)25-12-13-3-2-7-23(11-13)17(24)19-6-8-26-16-10-20-22-21-16/h1,4-5,9-10,13H,2-3,6-8,11-12H2,(H,19,24)(H,20,21,22)/t13-/m1/s1. The van der Waals surface area contributed by atoms with Crippen molar-refractivity contribution >= 4 is 17.8 Å². The van der Waals surface area contributed by atoms with Gasteiger partial charge in [0.1, 0.15) is 16.6 Å². The monoisotopic (exact) mass is 379 g/mol. The number of H-pyrrole nitrogens is 1. The molecule has 1 aromatic heterocycles. The molecule has 0 radical (unpaired) electrons. The first kappa shape index (κ1) is 18.5. The maximum absolute atomic E-state index is 13.2. The van der Waals surface area contributed by atoms with Crippen LogP contribution in [-0.2, 0) is 0 Å². The van der Waals surface area contributed by atoms with Crippen molar-refractivity contribution in [1.29, 1.82) is 0 Å². The van der Waals surface area contributed by atoms with Gasteiger partial charge in [-0.15, -0.1) is 16.9 Å². The van der Waals surface area contributed by atoms with Crippen molar-refractivity contribution in [1.82, 2.24) is 25.6 Å². The molecule has 0 aliphatic carbocycles. The summed E-state index contributed by atoms with van der Waals surface area (Å²) < 4.78 is 18.9. The Hall–Kier alpha value is -2.29. The molecule has 2 heterocycles. The van der Waals surface area contributed by atoms with Crippen molar-refractivity contribution in [3.8, 4) is 5.75 Å². The number of piperidine rings is 1. The second-order valence-corrected chi connectivity index (χ2v) is 7.23. The number of ether oxygens (including phenoxy) is 1. The summed E-state index contributed by atoms with van der Waals surface area (Å²) in [4.78, 5) is 14.1. The van der Waals surface area contributed by atoms with Gasteiger partial charge in [0.2, 0.25) is 0 Å². The number of aromatic nitrogens is 3. The minimum atomic E-state index is -0.310. The molecule has 2 N–H and O–H groups in total. The lowest BCUT2D eigenvalue weighted by atomic mass is 9.99. The van der Waals surface area contributed by atoms with Gasteiger partial charge in [0.15, 0.2) is 0 Å². The zero-order valence-corrected chi connectivity index (χ0v) is 15.2. The number of benzene rings is 1. The lowest BCUT2D eigenvalue weighted by molar-refractivity contribution is 0.137. The highest BCUT2D eigenvalue weighted by Gasteiger charge is 2.24. The second-order valence-electron chi connectivity index (χ2n) is 6.11. The molecule has 26 heavy (non-hydrogen) atoms. The number of carbonyl (C=O) groups is 1. The van der Waals surface area contributed by atoms with Gasteiger partial charge in [-0.1, -0.05) is 6.07 Å². The number of halogens is 1. The van der Waals surface area contributed by atoms with E-state index in [-0.39, 0.29) is 17.8 Å². The molecule has 1 aliphatic heterocycles. The number of carbonyl (C=O) groups excluding carboxylic acids is 1. The van der Waals surface area contributed by atoms with Crippen LogP contribution in [0.3, 0.4) is 0 Å². The molecule has 2 amide bonds. The van der Waals surface area contributed by atoms with Crippen LogP contribution < -0.4 is 10.1 Å². The molecule has 1 aromatic carbocycles. The fourth-order valence-corrected chi connectivity index (χ4v) is 3.49. The van der Waals surface area contributed by atoms with Crippen LogP contribution in [0, 0.1) is 11.7 Å². The van der Waals surface area contributed by atoms with Crippen LogP contribution in [0.15, 0.2) is 35.5 Å². The van der Waals surface area contributed by atoms with E-state index >= 15 is 0 Å². The summed E-state index contributed by atoms with van der Waals surface area (Å²) in [6.45, 7) is 2.45. The number of aromatic amines is 1. The van der Waals surface area contributed by atoms with Crippen molar-refractivity contribution in [3.63, 3.8) is 0 Å². The Morgan fingerprint density at radius 3 is 3.23 bits per heavy atom. The zero-order valence-electron chi connectivity index (χ0n) is 14.4. The van der Waals surface area contributed by atoms with Gasteiger partial charge >= 0.3 is 6.03 Å². The Morgan fingerprint density at radius 2 is 2.42 bits per heavy atom. The van der Waals surface area contributed by atoms with Crippen LogP contribution in [0.2, 0.25) is 0 Å². The fourth-order valence-electron chi connectivity index (χ4n) is 2.84. The van der Waals surface area contributed by atoms with Crippen LogP contribution in [0.4, 0.5) is 9.18 Å². The van der Waals surface area contributed by atoms with Crippen molar-refractivity contribution in [2.45, 2.75) is 17.9 Å². The number of amides is 2. The predicted molar refractivity (Wildman–Crippen MR) is 96.7 cm³/mol. The summed E-state index contributed by atoms with van der Waals surface area (Å²) in [7, 11) is 0. The van der Waals surface area contributed by atoms with Crippen molar-refractivity contribution in [2.24, 2.45) is 5.92 Å². The first-order chi connectivity index (χ1) is 12.7. The summed E-state index contributed by atoms with van der Waals surface area (Å²) in [6.07, 6.45) is 3.60. The van der Waals surface area contributed by atoms with Gasteiger partial charge in [-0.05, 0) is 25.0 Å². The van der Waals surface area contributed by atoms with E-state index in [9.17, 15) is 9.18 Å². The Bertz CT molecular complexity index is 700. The van der Waals surface area contributed by atoms with Crippen LogP contribution >= 0.6 is 11.8 Å². The minimum Gasteiger partial charge on any atom is -0.493 e. The van der Waals surface area contributed by atoms with Gasteiger partial charge in [-0.2, -0.15) is 10.3 Å². The number of hydrogen-bond donors (Lipinski definition) is 2. The molecule has 3 rings (SSSR count). The third-order valence-corrected chi connectivity index (χ3v) is 5.01. The highest BCUT2D eigenvalue weighted by Crippen LogP contribution is 2.19. The van der Waals surface area contributed by atoms with Gasteiger partial charge in [0.05, 0.1) is 12.8 Å². The molecule has 1 fully saturated rings. The summed E-state index contributed by atoms with van der Waals surface area (Å²) in [5.74, 6) is 1.20. The minimum absolute atomic E-state index is 0.0544. The third kappa shape index (κ3) is 5.62. The number of hydrogen-bond acceptors (Lipinski definition) is 5. The average Bonchev–Trinajstić information content (AvgIpc) is 3.17. The first-order valence-electron chi connectivity index (χ1n) is 8.60. The second kappa shape index (κ2) is 9.42. The van der Waals surface area contributed by atoms with Gasteiger partial charge < -0.3 is 15.0 Å². The largest absolute Gasteiger partial charge is 0.493 e. The fraction of sp³-hybridized carbons (Fsp3) is 0.471. The Kier molecular flexibility index (Phi) is 6.70.